The smallest absolute Gasteiger partial charge is 0.214 e. The van der Waals surface area contributed by atoms with Crippen molar-refractivity contribution in [2.45, 2.75) is 43.0 Å². The number of piperidine rings is 1. The molecule has 2 rings (SSSR count). The highest BCUT2D eigenvalue weighted by Crippen LogP contribution is 2.34. The van der Waals surface area contributed by atoms with Crippen LogP contribution in [-0.4, -0.2) is 46.0 Å². The molecule has 0 aromatic carbocycles. The summed E-state index contributed by atoms with van der Waals surface area (Å²) in [5.74, 6) is 0. The van der Waals surface area contributed by atoms with E-state index in [4.69, 9.17) is 4.74 Å². The second-order valence-corrected chi connectivity index (χ2v) is 7.10. The summed E-state index contributed by atoms with van der Waals surface area (Å²) in [7, 11) is -1.51. The minimum atomic E-state index is -3.17. The zero-order chi connectivity index (χ0) is 12.4. The molecule has 1 saturated heterocycles. The molecule has 1 aliphatic heterocycles. The van der Waals surface area contributed by atoms with Crippen molar-refractivity contribution in [2.75, 3.05) is 26.7 Å². The Morgan fingerprint density at radius 2 is 2.00 bits per heavy atom. The molecule has 2 N–H and O–H groups in total. The van der Waals surface area contributed by atoms with E-state index in [0.29, 0.717) is 19.4 Å². The molecule has 6 heteroatoms. The number of methoxy groups -OCH3 is 1. The Bertz CT molecular complexity index is 340. The van der Waals surface area contributed by atoms with E-state index in [1.165, 1.54) is 0 Å². The van der Waals surface area contributed by atoms with Gasteiger partial charge in [-0.15, -0.1) is 0 Å². The fraction of sp³-hybridized carbons (Fsp3) is 1.00. The molecule has 0 amide bonds. The van der Waals surface area contributed by atoms with Gasteiger partial charge in [0, 0.05) is 13.7 Å². The first kappa shape index (κ1) is 13.3. The lowest BCUT2D eigenvalue weighted by Gasteiger charge is -2.40. The summed E-state index contributed by atoms with van der Waals surface area (Å²) in [6.07, 6.45) is 4.45. The van der Waals surface area contributed by atoms with Crippen LogP contribution in [0.4, 0.5) is 0 Å². The van der Waals surface area contributed by atoms with E-state index in [9.17, 15) is 8.42 Å². The predicted molar refractivity (Wildman–Crippen MR) is 66.4 cm³/mol. The zero-order valence-electron chi connectivity index (χ0n) is 10.4. The van der Waals surface area contributed by atoms with E-state index >= 15 is 0 Å². The molecule has 0 radical (unpaired) electrons. The maximum absolute atomic E-state index is 12.1. The summed E-state index contributed by atoms with van der Waals surface area (Å²) < 4.78 is 32.3. The summed E-state index contributed by atoms with van der Waals surface area (Å²) in [5, 5.41) is 2.94. The van der Waals surface area contributed by atoms with Gasteiger partial charge in [0.1, 0.15) is 0 Å². The van der Waals surface area contributed by atoms with Crippen LogP contribution in [0.3, 0.4) is 0 Å². The lowest BCUT2D eigenvalue weighted by atomic mass is 9.80. The van der Waals surface area contributed by atoms with Crippen LogP contribution in [0.2, 0.25) is 0 Å². The third kappa shape index (κ3) is 2.99. The highest BCUT2D eigenvalue weighted by molar-refractivity contribution is 7.90. The fourth-order valence-corrected chi connectivity index (χ4v) is 4.04. The van der Waals surface area contributed by atoms with E-state index in [-0.39, 0.29) is 10.9 Å². The predicted octanol–water partition coefficient (Wildman–Crippen LogP) is 0.227. The lowest BCUT2D eigenvalue weighted by molar-refractivity contribution is -0.0659. The Labute approximate surface area is 103 Å². The number of hydrogen-bond acceptors (Lipinski definition) is 4. The van der Waals surface area contributed by atoms with Gasteiger partial charge in [-0.3, -0.25) is 0 Å². The molecule has 0 spiro atoms. The molecule has 0 atom stereocenters. The summed E-state index contributed by atoms with van der Waals surface area (Å²) >= 11 is 0. The summed E-state index contributed by atoms with van der Waals surface area (Å²) in [6, 6.07) is 0. The van der Waals surface area contributed by atoms with E-state index in [2.05, 4.69) is 10.0 Å². The average Bonchev–Trinajstić information content (AvgIpc) is 2.29. The second-order valence-electron chi connectivity index (χ2n) is 5.06. The van der Waals surface area contributed by atoms with Crippen LogP contribution >= 0.6 is 0 Å². The van der Waals surface area contributed by atoms with Crippen LogP contribution in [0.15, 0.2) is 0 Å². The van der Waals surface area contributed by atoms with Gasteiger partial charge in [-0.1, -0.05) is 0 Å². The zero-order valence-corrected chi connectivity index (χ0v) is 11.2. The van der Waals surface area contributed by atoms with Gasteiger partial charge in [-0.25, -0.2) is 13.1 Å². The number of hydrogen-bond donors (Lipinski definition) is 2. The number of nitrogens with one attached hydrogen (secondary N) is 2. The van der Waals surface area contributed by atoms with Crippen molar-refractivity contribution in [3.8, 4) is 0 Å². The van der Waals surface area contributed by atoms with E-state index < -0.39 is 10.0 Å². The van der Waals surface area contributed by atoms with Gasteiger partial charge < -0.3 is 10.1 Å². The van der Waals surface area contributed by atoms with Crippen LogP contribution < -0.4 is 10.0 Å². The van der Waals surface area contributed by atoms with Crippen LogP contribution in [0.5, 0.6) is 0 Å². The minimum absolute atomic E-state index is 0.236. The number of rotatable bonds is 5. The SMILES string of the molecule is COC1(CNS(=O)(=O)C2CCNCC2)CCC1. The Balaban J connectivity index is 1.88. The molecular weight excluding hydrogens is 240 g/mol. The molecule has 0 bridgehead atoms. The Hall–Kier alpha value is -0.170. The van der Waals surface area contributed by atoms with Gasteiger partial charge in [-0.05, 0) is 45.2 Å². The van der Waals surface area contributed by atoms with Crippen molar-refractivity contribution in [2.24, 2.45) is 0 Å². The van der Waals surface area contributed by atoms with Gasteiger partial charge in [0.15, 0.2) is 0 Å². The van der Waals surface area contributed by atoms with Gasteiger partial charge >= 0.3 is 0 Å². The quantitative estimate of drug-likeness (QED) is 0.744. The lowest BCUT2D eigenvalue weighted by Crippen LogP contribution is -2.51. The Morgan fingerprint density at radius 3 is 2.47 bits per heavy atom. The topological polar surface area (TPSA) is 67.4 Å². The maximum Gasteiger partial charge on any atom is 0.214 e. The maximum atomic E-state index is 12.1. The number of sulfonamides is 1. The molecule has 1 aliphatic carbocycles. The largest absolute Gasteiger partial charge is 0.377 e. The third-order valence-corrected chi connectivity index (χ3v) is 5.91. The molecular formula is C11H22N2O3S. The molecule has 0 aromatic heterocycles. The van der Waals surface area contributed by atoms with Crippen molar-refractivity contribution in [1.82, 2.24) is 10.0 Å². The molecule has 2 fully saturated rings. The van der Waals surface area contributed by atoms with Crippen LogP contribution in [0.1, 0.15) is 32.1 Å². The second kappa shape index (κ2) is 5.22. The van der Waals surface area contributed by atoms with Gasteiger partial charge in [0.05, 0.1) is 10.9 Å². The van der Waals surface area contributed by atoms with Crippen molar-refractivity contribution in [3.63, 3.8) is 0 Å². The first-order chi connectivity index (χ1) is 8.08. The molecule has 2 aliphatic rings. The summed E-state index contributed by atoms with van der Waals surface area (Å²) in [4.78, 5) is 0. The molecule has 1 saturated carbocycles. The molecule has 100 valence electrons. The van der Waals surface area contributed by atoms with E-state index in [1.54, 1.807) is 7.11 Å². The first-order valence-electron chi connectivity index (χ1n) is 6.32. The standard InChI is InChI=1S/C11H22N2O3S/c1-16-11(5-2-6-11)9-13-17(14,15)10-3-7-12-8-4-10/h10,12-13H,2-9H2,1H3. The highest BCUT2D eigenvalue weighted by Gasteiger charge is 2.39. The fourth-order valence-electron chi connectivity index (χ4n) is 2.48. The van der Waals surface area contributed by atoms with Gasteiger partial charge in [0.25, 0.3) is 0 Å². The van der Waals surface area contributed by atoms with Crippen LogP contribution in [0.25, 0.3) is 0 Å². The average molecular weight is 262 g/mol. The molecule has 5 nitrogen and oxygen atoms in total. The summed E-state index contributed by atoms with van der Waals surface area (Å²) in [6.45, 7) is 2.01. The molecule has 0 aromatic rings. The van der Waals surface area contributed by atoms with E-state index in [1.807, 2.05) is 0 Å². The Kier molecular flexibility index (Phi) is 4.07. The highest BCUT2D eigenvalue weighted by atomic mass is 32.2. The number of ether oxygens (including phenoxy) is 1. The van der Waals surface area contributed by atoms with Gasteiger partial charge in [-0.2, -0.15) is 0 Å². The van der Waals surface area contributed by atoms with Gasteiger partial charge in [0.2, 0.25) is 10.0 Å². The first-order valence-corrected chi connectivity index (χ1v) is 7.87. The monoisotopic (exact) mass is 262 g/mol. The molecule has 1 heterocycles. The van der Waals surface area contributed by atoms with E-state index in [0.717, 1.165) is 32.4 Å². The Morgan fingerprint density at radius 1 is 1.35 bits per heavy atom. The van der Waals surface area contributed by atoms with Crippen LogP contribution in [0, 0.1) is 0 Å². The minimum Gasteiger partial charge on any atom is -0.377 e. The van der Waals surface area contributed by atoms with Crippen molar-refractivity contribution >= 4 is 10.0 Å². The van der Waals surface area contributed by atoms with Crippen LogP contribution in [-0.2, 0) is 14.8 Å². The van der Waals surface area contributed by atoms with Crippen molar-refractivity contribution in [1.29, 1.82) is 0 Å². The molecule has 0 unspecified atom stereocenters. The van der Waals surface area contributed by atoms with Crippen molar-refractivity contribution in [3.05, 3.63) is 0 Å². The third-order valence-electron chi connectivity index (χ3n) is 4.02. The summed E-state index contributed by atoms with van der Waals surface area (Å²) in [5.41, 5.74) is -0.236. The normalized spacial score (nSPS) is 25.5. The van der Waals surface area contributed by atoms with Crippen molar-refractivity contribution < 1.29 is 13.2 Å². The molecule has 17 heavy (non-hydrogen) atoms.